The number of amides is 1. The Morgan fingerprint density at radius 3 is 2.64 bits per heavy atom. The van der Waals surface area contributed by atoms with Crippen LogP contribution in [0.5, 0.6) is 0 Å². The van der Waals surface area contributed by atoms with E-state index in [4.69, 9.17) is 0 Å². The summed E-state index contributed by atoms with van der Waals surface area (Å²) in [4.78, 5) is 15.6. The molecule has 2 aromatic carbocycles. The highest BCUT2D eigenvalue weighted by Crippen LogP contribution is 2.37. The second kappa shape index (κ2) is 7.89. The first-order chi connectivity index (χ1) is 13.4. The van der Waals surface area contributed by atoms with E-state index in [2.05, 4.69) is 4.72 Å². The molecule has 0 unspecified atom stereocenters. The van der Waals surface area contributed by atoms with Crippen LogP contribution in [0.4, 0.5) is 5.69 Å². The molecule has 2 aliphatic rings. The first-order valence-electron chi connectivity index (χ1n) is 9.57. The molecule has 1 N–H and O–H groups in total. The van der Waals surface area contributed by atoms with E-state index in [1.165, 1.54) is 5.56 Å². The van der Waals surface area contributed by atoms with Gasteiger partial charge in [0.1, 0.15) is 0 Å². The Balaban J connectivity index is 1.36. The van der Waals surface area contributed by atoms with Crippen LogP contribution in [0.2, 0.25) is 0 Å². The van der Waals surface area contributed by atoms with Gasteiger partial charge in [-0.05, 0) is 62.1 Å². The highest BCUT2D eigenvalue weighted by Gasteiger charge is 2.36. The monoisotopic (exact) mass is 416 g/mol. The van der Waals surface area contributed by atoms with Crippen molar-refractivity contribution in [3.05, 3.63) is 53.6 Å². The van der Waals surface area contributed by atoms with Gasteiger partial charge in [0.05, 0.1) is 4.90 Å². The predicted molar refractivity (Wildman–Crippen MR) is 112 cm³/mol. The Hall–Kier alpha value is -1.83. The number of aryl methyl sites for hydroxylation is 1. The Bertz CT molecular complexity index is 983. The van der Waals surface area contributed by atoms with Gasteiger partial charge < -0.3 is 4.90 Å². The Morgan fingerprint density at radius 2 is 1.93 bits per heavy atom. The molecule has 1 saturated carbocycles. The normalized spacial score (nSPS) is 16.2. The number of hydrogen-bond acceptors (Lipinski definition) is 4. The van der Waals surface area contributed by atoms with E-state index in [9.17, 15) is 13.2 Å². The molecule has 0 spiro atoms. The molecule has 0 atom stereocenters. The van der Waals surface area contributed by atoms with Crippen LogP contribution in [-0.2, 0) is 21.2 Å². The lowest BCUT2D eigenvalue weighted by Gasteiger charge is -2.17. The molecule has 1 aliphatic heterocycles. The number of nitrogens with one attached hydrogen (secondary N) is 1. The average molecular weight is 417 g/mol. The molecule has 148 valence electrons. The summed E-state index contributed by atoms with van der Waals surface area (Å²) in [7, 11) is -3.55. The molecule has 1 heterocycles. The number of rotatable bonds is 7. The molecule has 7 heteroatoms. The lowest BCUT2D eigenvalue weighted by molar-refractivity contribution is -0.119. The van der Waals surface area contributed by atoms with Crippen LogP contribution in [0.15, 0.2) is 52.3 Å². The summed E-state index contributed by atoms with van der Waals surface area (Å²) >= 11 is 1.63. The smallest absolute Gasteiger partial charge is 0.240 e. The van der Waals surface area contributed by atoms with Gasteiger partial charge >= 0.3 is 0 Å². The summed E-state index contributed by atoms with van der Waals surface area (Å²) in [6.45, 7) is 3.05. The van der Waals surface area contributed by atoms with E-state index < -0.39 is 10.0 Å². The number of benzene rings is 2. The minimum Gasteiger partial charge on any atom is -0.312 e. The Labute approximate surface area is 170 Å². The van der Waals surface area contributed by atoms with Gasteiger partial charge in [0.15, 0.2) is 0 Å². The summed E-state index contributed by atoms with van der Waals surface area (Å²) < 4.78 is 27.9. The number of carbonyl (C=O) groups is 1. The van der Waals surface area contributed by atoms with Crippen molar-refractivity contribution in [2.75, 3.05) is 23.7 Å². The molecule has 2 aromatic rings. The number of nitrogens with zero attached hydrogens (tertiary/aromatic N) is 1. The molecule has 1 fully saturated rings. The number of hydrogen-bond donors (Lipinski definition) is 1. The SMILES string of the molecule is Cc1ccc(SCCNS(=O)(=O)c2ccc3c(c2)CCN3C(=O)C2CC2)cc1. The van der Waals surface area contributed by atoms with E-state index in [0.29, 0.717) is 25.3 Å². The fraction of sp³-hybridized carbons (Fsp3) is 0.381. The van der Waals surface area contributed by atoms with Gasteiger partial charge in [-0.3, -0.25) is 4.79 Å². The molecule has 0 radical (unpaired) electrons. The summed E-state index contributed by atoms with van der Waals surface area (Å²) in [5.74, 6) is 1.01. The van der Waals surface area contributed by atoms with Crippen molar-refractivity contribution in [1.82, 2.24) is 4.72 Å². The van der Waals surface area contributed by atoms with Crippen molar-refractivity contribution in [2.24, 2.45) is 5.92 Å². The standard InChI is InChI=1S/C21H24N2O3S2/c1-15-2-6-18(7-3-15)27-13-11-22-28(25,26)19-8-9-20-17(14-19)10-12-23(20)21(24)16-4-5-16/h2-3,6-9,14,16,22H,4-5,10-13H2,1H3. The van der Waals surface area contributed by atoms with Gasteiger partial charge in [0.2, 0.25) is 15.9 Å². The first kappa shape index (κ1) is 19.5. The largest absolute Gasteiger partial charge is 0.312 e. The van der Waals surface area contributed by atoms with Crippen molar-refractivity contribution in [3.63, 3.8) is 0 Å². The highest BCUT2D eigenvalue weighted by molar-refractivity contribution is 7.99. The van der Waals surface area contributed by atoms with Crippen LogP contribution in [0.1, 0.15) is 24.0 Å². The van der Waals surface area contributed by atoms with Crippen molar-refractivity contribution in [2.45, 2.75) is 36.0 Å². The molecule has 0 bridgehead atoms. The number of thioether (sulfide) groups is 1. The molecule has 4 rings (SSSR count). The molecule has 5 nitrogen and oxygen atoms in total. The van der Waals surface area contributed by atoms with E-state index >= 15 is 0 Å². The van der Waals surface area contributed by atoms with Gasteiger partial charge in [0, 0.05) is 35.3 Å². The van der Waals surface area contributed by atoms with Gasteiger partial charge in [-0.25, -0.2) is 13.1 Å². The summed E-state index contributed by atoms with van der Waals surface area (Å²) in [5.41, 5.74) is 3.01. The maximum atomic E-state index is 12.6. The number of fused-ring (bicyclic) bond motifs is 1. The van der Waals surface area contributed by atoms with Crippen molar-refractivity contribution in [3.8, 4) is 0 Å². The first-order valence-corrected chi connectivity index (χ1v) is 12.0. The minimum atomic E-state index is -3.55. The quantitative estimate of drug-likeness (QED) is 0.555. The Morgan fingerprint density at radius 1 is 1.18 bits per heavy atom. The molecule has 0 saturated heterocycles. The lowest BCUT2D eigenvalue weighted by Crippen LogP contribution is -2.30. The molecule has 1 amide bonds. The Kier molecular flexibility index (Phi) is 5.49. The van der Waals surface area contributed by atoms with Crippen LogP contribution in [0.3, 0.4) is 0 Å². The fourth-order valence-electron chi connectivity index (χ4n) is 3.39. The van der Waals surface area contributed by atoms with Gasteiger partial charge in [-0.15, -0.1) is 11.8 Å². The number of carbonyl (C=O) groups excluding carboxylic acids is 1. The fourth-order valence-corrected chi connectivity index (χ4v) is 5.37. The van der Waals surface area contributed by atoms with Gasteiger partial charge in [-0.2, -0.15) is 0 Å². The maximum Gasteiger partial charge on any atom is 0.240 e. The molecule has 28 heavy (non-hydrogen) atoms. The van der Waals surface area contributed by atoms with Crippen molar-refractivity contribution >= 4 is 33.4 Å². The maximum absolute atomic E-state index is 12.6. The third kappa shape index (κ3) is 4.26. The zero-order chi connectivity index (χ0) is 19.7. The van der Waals surface area contributed by atoms with Crippen molar-refractivity contribution in [1.29, 1.82) is 0 Å². The van der Waals surface area contributed by atoms with E-state index in [-0.39, 0.29) is 16.7 Å². The average Bonchev–Trinajstić information content (AvgIpc) is 3.45. The molecule has 0 aromatic heterocycles. The van der Waals surface area contributed by atoms with Crippen LogP contribution in [-0.4, -0.2) is 33.2 Å². The number of sulfonamides is 1. The van der Waals surface area contributed by atoms with Crippen LogP contribution < -0.4 is 9.62 Å². The van der Waals surface area contributed by atoms with Gasteiger partial charge in [0.25, 0.3) is 0 Å². The minimum absolute atomic E-state index is 0.169. The number of anilines is 1. The predicted octanol–water partition coefficient (Wildman–Crippen LogP) is 3.36. The second-order valence-corrected chi connectivity index (χ2v) is 10.3. The van der Waals surface area contributed by atoms with Crippen LogP contribution in [0, 0.1) is 12.8 Å². The topological polar surface area (TPSA) is 66.5 Å². The molecule has 1 aliphatic carbocycles. The van der Waals surface area contributed by atoms with E-state index in [1.807, 2.05) is 36.1 Å². The second-order valence-electron chi connectivity index (χ2n) is 7.36. The zero-order valence-electron chi connectivity index (χ0n) is 15.8. The highest BCUT2D eigenvalue weighted by atomic mass is 32.2. The molecular weight excluding hydrogens is 392 g/mol. The third-order valence-electron chi connectivity index (χ3n) is 5.13. The summed E-state index contributed by atoms with van der Waals surface area (Å²) in [6, 6.07) is 13.3. The van der Waals surface area contributed by atoms with Crippen LogP contribution in [0.25, 0.3) is 0 Å². The summed E-state index contributed by atoms with van der Waals surface area (Å²) in [5, 5.41) is 0. The van der Waals surface area contributed by atoms with Crippen LogP contribution >= 0.6 is 11.8 Å². The summed E-state index contributed by atoms with van der Waals surface area (Å²) in [6.07, 6.45) is 2.66. The molecular formula is C21H24N2O3S2. The lowest BCUT2D eigenvalue weighted by atomic mass is 10.2. The van der Waals surface area contributed by atoms with Crippen molar-refractivity contribution < 1.29 is 13.2 Å². The third-order valence-corrected chi connectivity index (χ3v) is 7.61. The van der Waals surface area contributed by atoms with E-state index in [0.717, 1.165) is 29.0 Å². The zero-order valence-corrected chi connectivity index (χ0v) is 17.5. The van der Waals surface area contributed by atoms with Gasteiger partial charge in [-0.1, -0.05) is 17.7 Å². The van der Waals surface area contributed by atoms with E-state index in [1.54, 1.807) is 30.0 Å².